The van der Waals surface area contributed by atoms with Crippen molar-refractivity contribution in [1.29, 1.82) is 5.26 Å². The maximum Gasteiger partial charge on any atom is 0.333 e. The molecule has 2 rings (SSSR count). The lowest BCUT2D eigenvalue weighted by Crippen LogP contribution is -2.43. The van der Waals surface area contributed by atoms with Gasteiger partial charge < -0.3 is 10.5 Å². The fourth-order valence-corrected chi connectivity index (χ4v) is 2.80. The van der Waals surface area contributed by atoms with Gasteiger partial charge >= 0.3 is 5.97 Å². The molecule has 3 atom stereocenters. The van der Waals surface area contributed by atoms with Crippen molar-refractivity contribution in [1.82, 2.24) is 0 Å². The topological polar surface area (TPSA) is 76.1 Å². The number of carbonyl (C=O) groups is 1. The average molecular weight is 284 g/mol. The minimum absolute atomic E-state index is 0.418. The van der Waals surface area contributed by atoms with Gasteiger partial charge in [0.2, 0.25) is 0 Å². The van der Waals surface area contributed by atoms with Gasteiger partial charge in [0.1, 0.15) is 12.0 Å². The van der Waals surface area contributed by atoms with Crippen molar-refractivity contribution >= 4 is 5.97 Å². The van der Waals surface area contributed by atoms with Gasteiger partial charge in [-0.3, -0.25) is 0 Å². The van der Waals surface area contributed by atoms with Crippen LogP contribution in [0, 0.1) is 17.2 Å². The molecule has 0 aliphatic heterocycles. The fourth-order valence-electron chi connectivity index (χ4n) is 2.80. The second-order valence-electron chi connectivity index (χ2n) is 5.45. The van der Waals surface area contributed by atoms with E-state index in [9.17, 15) is 10.1 Å². The van der Waals surface area contributed by atoms with E-state index in [1.165, 1.54) is 0 Å². The molecule has 1 aromatic rings. The van der Waals surface area contributed by atoms with Crippen LogP contribution in [0.3, 0.4) is 0 Å². The van der Waals surface area contributed by atoms with Gasteiger partial charge in [0, 0.05) is 5.57 Å². The normalized spacial score (nSPS) is 27.9. The third kappa shape index (κ3) is 2.84. The Labute approximate surface area is 125 Å². The van der Waals surface area contributed by atoms with E-state index in [0.29, 0.717) is 24.8 Å². The van der Waals surface area contributed by atoms with Crippen molar-refractivity contribution in [2.24, 2.45) is 11.7 Å². The predicted octanol–water partition coefficient (Wildman–Crippen LogP) is 2.65. The van der Waals surface area contributed by atoms with Crippen LogP contribution in [-0.2, 0) is 15.1 Å². The zero-order valence-corrected chi connectivity index (χ0v) is 12.2. The molecule has 0 heterocycles. The zero-order valence-electron chi connectivity index (χ0n) is 12.2. The smallest absolute Gasteiger partial charge is 0.333 e. The summed E-state index contributed by atoms with van der Waals surface area (Å²) in [6.07, 6.45) is 1.27. The molecule has 1 aliphatic carbocycles. The van der Waals surface area contributed by atoms with E-state index < -0.39 is 23.5 Å². The summed E-state index contributed by atoms with van der Waals surface area (Å²) in [5.41, 5.74) is 7.03. The quantitative estimate of drug-likeness (QED) is 0.681. The summed E-state index contributed by atoms with van der Waals surface area (Å²) in [7, 11) is 0. The average Bonchev–Trinajstić information content (AvgIpc) is 2.84. The number of rotatable bonds is 4. The van der Waals surface area contributed by atoms with E-state index >= 15 is 0 Å². The van der Waals surface area contributed by atoms with Crippen LogP contribution in [-0.4, -0.2) is 12.1 Å². The molecule has 21 heavy (non-hydrogen) atoms. The maximum absolute atomic E-state index is 11.9. The van der Waals surface area contributed by atoms with Gasteiger partial charge in [-0.15, -0.1) is 0 Å². The monoisotopic (exact) mass is 284 g/mol. The first kappa shape index (κ1) is 15.3. The van der Waals surface area contributed by atoms with Crippen molar-refractivity contribution in [2.45, 2.75) is 37.8 Å². The van der Waals surface area contributed by atoms with Gasteiger partial charge in [0.05, 0.1) is 11.6 Å². The second kappa shape index (κ2) is 6.11. The Hall–Kier alpha value is -2.12. The highest BCUT2D eigenvalue weighted by Gasteiger charge is 2.49. The van der Waals surface area contributed by atoms with Crippen molar-refractivity contribution in [2.75, 3.05) is 0 Å². The van der Waals surface area contributed by atoms with Gasteiger partial charge in [0.15, 0.2) is 0 Å². The summed E-state index contributed by atoms with van der Waals surface area (Å²) >= 11 is 0. The summed E-state index contributed by atoms with van der Waals surface area (Å²) in [6.45, 7) is 5.52. The number of esters is 1. The van der Waals surface area contributed by atoms with E-state index in [4.69, 9.17) is 10.5 Å². The molecule has 0 aromatic heterocycles. The summed E-state index contributed by atoms with van der Waals surface area (Å²) in [5.74, 6) is -0.978. The number of hydrogen-bond donors (Lipinski definition) is 1. The largest absolute Gasteiger partial charge is 0.458 e. The minimum Gasteiger partial charge on any atom is -0.458 e. The van der Waals surface area contributed by atoms with Crippen LogP contribution in [0.1, 0.15) is 31.7 Å². The first-order valence-electron chi connectivity index (χ1n) is 7.15. The lowest BCUT2D eigenvalue weighted by atomic mass is 9.81. The van der Waals surface area contributed by atoms with Crippen LogP contribution in [0.15, 0.2) is 42.5 Å². The molecule has 110 valence electrons. The van der Waals surface area contributed by atoms with Crippen LogP contribution in [0.4, 0.5) is 0 Å². The molecule has 0 spiro atoms. The van der Waals surface area contributed by atoms with Crippen LogP contribution in [0.25, 0.3) is 0 Å². The van der Waals surface area contributed by atoms with E-state index in [0.717, 1.165) is 5.56 Å². The summed E-state index contributed by atoms with van der Waals surface area (Å²) < 4.78 is 5.44. The standard InChI is InChI=1S/C17H20N2O2/c1-3-12(2)16(20)21-15-9-10-17(19,14(15)11-18)13-7-5-4-6-8-13/h4-8,14-15H,2-3,9-10,19H2,1H3. The van der Waals surface area contributed by atoms with Gasteiger partial charge in [-0.05, 0) is 24.8 Å². The lowest BCUT2D eigenvalue weighted by Gasteiger charge is -2.29. The maximum atomic E-state index is 11.9. The van der Waals surface area contributed by atoms with E-state index in [1.54, 1.807) is 0 Å². The van der Waals surface area contributed by atoms with Crippen LogP contribution < -0.4 is 5.73 Å². The molecule has 1 aliphatic rings. The molecule has 3 unspecified atom stereocenters. The van der Waals surface area contributed by atoms with E-state index in [1.807, 2.05) is 37.3 Å². The number of carbonyl (C=O) groups excluding carboxylic acids is 1. The molecule has 0 saturated heterocycles. The molecular formula is C17H20N2O2. The van der Waals surface area contributed by atoms with Crippen molar-refractivity contribution < 1.29 is 9.53 Å². The number of benzene rings is 1. The number of nitrogens with two attached hydrogens (primary N) is 1. The molecule has 0 amide bonds. The third-order valence-corrected chi connectivity index (χ3v) is 4.19. The van der Waals surface area contributed by atoms with Gasteiger partial charge in [0.25, 0.3) is 0 Å². The first-order valence-corrected chi connectivity index (χ1v) is 7.15. The molecule has 4 nitrogen and oxygen atoms in total. The number of hydrogen-bond acceptors (Lipinski definition) is 4. The Bertz CT molecular complexity index is 576. The molecule has 2 N–H and O–H groups in total. The Morgan fingerprint density at radius 1 is 1.52 bits per heavy atom. The second-order valence-corrected chi connectivity index (χ2v) is 5.45. The molecule has 0 radical (unpaired) electrons. The highest BCUT2D eigenvalue weighted by molar-refractivity contribution is 5.87. The molecule has 0 bridgehead atoms. The Morgan fingerprint density at radius 3 is 2.76 bits per heavy atom. The highest BCUT2D eigenvalue weighted by atomic mass is 16.5. The molecule has 1 fully saturated rings. The number of nitriles is 1. The number of nitrogens with zero attached hydrogens (tertiary/aromatic N) is 1. The zero-order chi connectivity index (χ0) is 15.5. The molecule has 1 saturated carbocycles. The fraction of sp³-hybridized carbons (Fsp3) is 0.412. The minimum atomic E-state index is -0.769. The Kier molecular flexibility index (Phi) is 4.44. The van der Waals surface area contributed by atoms with E-state index in [2.05, 4.69) is 12.6 Å². The van der Waals surface area contributed by atoms with Gasteiger partial charge in [-0.2, -0.15) is 5.26 Å². The Balaban J connectivity index is 2.20. The van der Waals surface area contributed by atoms with Crippen molar-refractivity contribution in [3.63, 3.8) is 0 Å². The molecular weight excluding hydrogens is 264 g/mol. The molecule has 1 aromatic carbocycles. The first-order chi connectivity index (χ1) is 10.0. The lowest BCUT2D eigenvalue weighted by molar-refractivity contribution is -0.145. The third-order valence-electron chi connectivity index (χ3n) is 4.19. The van der Waals surface area contributed by atoms with E-state index in [-0.39, 0.29) is 0 Å². The van der Waals surface area contributed by atoms with Crippen LogP contribution in [0.5, 0.6) is 0 Å². The summed E-state index contributed by atoms with van der Waals surface area (Å²) in [4.78, 5) is 11.9. The molecule has 4 heteroatoms. The van der Waals surface area contributed by atoms with Crippen LogP contribution >= 0.6 is 0 Å². The number of ether oxygens (including phenoxy) is 1. The summed E-state index contributed by atoms with van der Waals surface area (Å²) in [5, 5.41) is 9.50. The Morgan fingerprint density at radius 2 is 2.19 bits per heavy atom. The van der Waals surface area contributed by atoms with Crippen molar-refractivity contribution in [3.8, 4) is 6.07 Å². The van der Waals surface area contributed by atoms with Gasteiger partial charge in [-0.25, -0.2) is 4.79 Å². The highest BCUT2D eigenvalue weighted by Crippen LogP contribution is 2.42. The summed E-state index contributed by atoms with van der Waals surface area (Å²) in [6, 6.07) is 11.8. The SMILES string of the molecule is C=C(CC)C(=O)OC1CCC(N)(c2ccccc2)C1C#N. The van der Waals surface area contributed by atoms with Crippen molar-refractivity contribution in [3.05, 3.63) is 48.0 Å². The predicted molar refractivity (Wildman–Crippen MR) is 80.0 cm³/mol. The van der Waals surface area contributed by atoms with Crippen LogP contribution in [0.2, 0.25) is 0 Å². The van der Waals surface area contributed by atoms with Gasteiger partial charge in [-0.1, -0.05) is 43.8 Å².